The molecule has 1 aliphatic rings. The monoisotopic (exact) mass is 600 g/mol. The lowest BCUT2D eigenvalue weighted by atomic mass is 10.1. The van der Waals surface area contributed by atoms with Gasteiger partial charge in [-0.3, -0.25) is 9.59 Å². The largest absolute Gasteiger partial charge is 0.573 e. The summed E-state index contributed by atoms with van der Waals surface area (Å²) < 4.78 is 55.1. The van der Waals surface area contributed by atoms with E-state index in [0.29, 0.717) is 35.0 Å². The van der Waals surface area contributed by atoms with Crippen molar-refractivity contribution >= 4 is 34.7 Å². The zero-order valence-corrected chi connectivity index (χ0v) is 22.8. The number of hydrogen-bond acceptors (Lipinski definition) is 9. The lowest BCUT2D eigenvalue weighted by molar-refractivity contribution is -0.274. The maximum absolute atomic E-state index is 13.8. The summed E-state index contributed by atoms with van der Waals surface area (Å²) in [5.74, 6) is -0.509. The average molecular weight is 601 g/mol. The first-order valence-corrected chi connectivity index (χ1v) is 13.7. The maximum atomic E-state index is 13.8. The summed E-state index contributed by atoms with van der Waals surface area (Å²) in [5.41, 5.74) is 0.700. The van der Waals surface area contributed by atoms with E-state index in [1.807, 2.05) is 4.90 Å². The number of hydrogen-bond donors (Lipinski definition) is 1. The molecule has 0 bridgehead atoms. The SMILES string of the molecule is O=C(Cc1nnc(C2CCN(c3ccc(NC(=O)Cc4cccc(OC(F)(F)F)c4)nn3)C2)s1)Cc1ccccc1F. The van der Waals surface area contributed by atoms with Crippen LogP contribution in [-0.2, 0) is 28.9 Å². The van der Waals surface area contributed by atoms with Crippen LogP contribution in [0, 0.1) is 5.82 Å². The third-order valence-corrected chi connectivity index (χ3v) is 7.54. The van der Waals surface area contributed by atoms with Crippen molar-refractivity contribution in [2.24, 2.45) is 0 Å². The molecule has 3 heterocycles. The molecule has 1 atom stereocenters. The molecule has 0 radical (unpaired) electrons. The van der Waals surface area contributed by atoms with Crippen molar-refractivity contribution < 1.29 is 31.9 Å². The molecule has 0 spiro atoms. The highest BCUT2D eigenvalue weighted by atomic mass is 32.1. The third kappa shape index (κ3) is 7.84. The maximum Gasteiger partial charge on any atom is 0.573 e. The number of Topliss-reactive ketones (excluding diaryl/α,β-unsaturated/α-hetero) is 1. The first-order chi connectivity index (χ1) is 20.1. The fraction of sp³-hybridized carbons (Fsp3) is 0.286. The van der Waals surface area contributed by atoms with Crippen LogP contribution in [0.3, 0.4) is 0 Å². The molecule has 4 aromatic rings. The minimum Gasteiger partial charge on any atom is -0.406 e. The van der Waals surface area contributed by atoms with Gasteiger partial charge in [-0.05, 0) is 47.9 Å². The number of aromatic nitrogens is 4. The highest BCUT2D eigenvalue weighted by molar-refractivity contribution is 7.11. The lowest BCUT2D eigenvalue weighted by Gasteiger charge is -2.16. The van der Waals surface area contributed by atoms with Gasteiger partial charge in [-0.2, -0.15) is 0 Å². The van der Waals surface area contributed by atoms with Gasteiger partial charge in [0.25, 0.3) is 0 Å². The Morgan fingerprint density at radius 3 is 2.57 bits per heavy atom. The third-order valence-electron chi connectivity index (χ3n) is 6.45. The van der Waals surface area contributed by atoms with E-state index < -0.39 is 23.8 Å². The molecule has 2 aromatic carbocycles. The van der Waals surface area contributed by atoms with Crippen LogP contribution in [0.5, 0.6) is 5.75 Å². The number of carbonyl (C=O) groups excluding carboxylic acids is 2. The van der Waals surface area contributed by atoms with Crippen molar-refractivity contribution in [3.05, 3.63) is 87.6 Å². The normalized spacial score (nSPS) is 15.0. The second-order valence-electron chi connectivity index (χ2n) is 9.65. The summed E-state index contributed by atoms with van der Waals surface area (Å²) in [5, 5.41) is 20.7. The molecule has 1 unspecified atom stereocenters. The molecular formula is C28H24F4N6O3S. The Labute approximate surface area is 241 Å². The quantitative estimate of drug-likeness (QED) is 0.256. The van der Waals surface area contributed by atoms with Crippen LogP contribution in [0.2, 0.25) is 0 Å². The van der Waals surface area contributed by atoms with E-state index in [4.69, 9.17) is 0 Å². The predicted molar refractivity (Wildman–Crippen MR) is 146 cm³/mol. The van der Waals surface area contributed by atoms with Gasteiger partial charge in [0, 0.05) is 25.4 Å². The molecule has 9 nitrogen and oxygen atoms in total. The molecule has 1 N–H and O–H groups in total. The molecule has 1 aliphatic heterocycles. The molecule has 42 heavy (non-hydrogen) atoms. The topological polar surface area (TPSA) is 110 Å². The number of rotatable bonds is 10. The summed E-state index contributed by atoms with van der Waals surface area (Å²) in [4.78, 5) is 26.8. The highest BCUT2D eigenvalue weighted by Crippen LogP contribution is 2.32. The van der Waals surface area contributed by atoms with Crippen molar-refractivity contribution in [2.45, 2.75) is 38.0 Å². The van der Waals surface area contributed by atoms with E-state index in [0.717, 1.165) is 23.6 Å². The van der Waals surface area contributed by atoms with Crippen LogP contribution in [0.25, 0.3) is 0 Å². The molecule has 0 saturated carbocycles. The molecular weight excluding hydrogens is 576 g/mol. The lowest BCUT2D eigenvalue weighted by Crippen LogP contribution is -2.21. The number of alkyl halides is 3. The van der Waals surface area contributed by atoms with Gasteiger partial charge in [-0.15, -0.1) is 44.9 Å². The Hall–Kier alpha value is -4.46. The molecule has 0 aliphatic carbocycles. The minimum atomic E-state index is -4.82. The summed E-state index contributed by atoms with van der Waals surface area (Å²) in [7, 11) is 0. The minimum absolute atomic E-state index is 0.00197. The van der Waals surface area contributed by atoms with Crippen molar-refractivity contribution in [1.82, 2.24) is 20.4 Å². The van der Waals surface area contributed by atoms with Crippen molar-refractivity contribution in [3.63, 3.8) is 0 Å². The van der Waals surface area contributed by atoms with Gasteiger partial charge >= 0.3 is 6.36 Å². The van der Waals surface area contributed by atoms with Crippen LogP contribution < -0.4 is 15.0 Å². The average Bonchev–Trinajstić information content (AvgIpc) is 3.60. The first kappa shape index (κ1) is 29.0. The van der Waals surface area contributed by atoms with E-state index in [1.54, 1.807) is 30.3 Å². The number of halogens is 4. The van der Waals surface area contributed by atoms with Gasteiger partial charge in [0.05, 0.1) is 12.8 Å². The fourth-order valence-electron chi connectivity index (χ4n) is 4.54. The van der Waals surface area contributed by atoms with Crippen molar-refractivity contribution in [2.75, 3.05) is 23.3 Å². The summed E-state index contributed by atoms with van der Waals surface area (Å²) in [6.07, 6.45) is -4.11. The Kier molecular flexibility index (Phi) is 8.71. The summed E-state index contributed by atoms with van der Waals surface area (Å²) in [6.45, 7) is 1.32. The highest BCUT2D eigenvalue weighted by Gasteiger charge is 2.31. The van der Waals surface area contributed by atoms with Crippen molar-refractivity contribution in [1.29, 1.82) is 0 Å². The van der Waals surface area contributed by atoms with Crippen molar-refractivity contribution in [3.8, 4) is 5.75 Å². The van der Waals surface area contributed by atoms with Gasteiger partial charge in [-0.1, -0.05) is 30.3 Å². The van der Waals surface area contributed by atoms with Crippen LogP contribution in [0.15, 0.2) is 60.7 Å². The second-order valence-corrected chi connectivity index (χ2v) is 10.7. The zero-order valence-electron chi connectivity index (χ0n) is 22.0. The predicted octanol–water partition coefficient (Wildman–Crippen LogP) is 4.90. The number of anilines is 2. The van der Waals surface area contributed by atoms with Gasteiger partial charge in [-0.25, -0.2) is 4.39 Å². The van der Waals surface area contributed by atoms with E-state index in [1.165, 1.54) is 29.5 Å². The molecule has 5 rings (SSSR count). The number of ketones is 1. The van der Waals surface area contributed by atoms with Crippen LogP contribution in [-0.4, -0.2) is 51.5 Å². The molecule has 1 saturated heterocycles. The number of amides is 1. The molecule has 1 fully saturated rings. The number of carbonyl (C=O) groups is 2. The Bertz CT molecular complexity index is 1560. The van der Waals surface area contributed by atoms with Gasteiger partial charge in [0.15, 0.2) is 11.6 Å². The standard InChI is InChI=1S/C28H24F4N6O3S/c29-22-7-2-1-5-18(22)14-20(39)15-26-36-37-27(42-26)19-10-11-38(16-19)24-9-8-23(34-35-24)33-25(40)13-17-4-3-6-21(12-17)41-28(30,31)32/h1-9,12,19H,10-11,13-16H2,(H,33,34,40). The summed E-state index contributed by atoms with van der Waals surface area (Å²) in [6, 6.07) is 14.7. The molecule has 1 amide bonds. The number of ether oxygens (including phenoxy) is 1. The van der Waals surface area contributed by atoms with Gasteiger partial charge < -0.3 is 15.0 Å². The Balaban J connectivity index is 1.11. The van der Waals surface area contributed by atoms with Crippen LogP contribution in [0.1, 0.15) is 33.5 Å². The van der Waals surface area contributed by atoms with E-state index in [2.05, 4.69) is 30.4 Å². The fourth-order valence-corrected chi connectivity index (χ4v) is 5.54. The van der Waals surface area contributed by atoms with E-state index in [9.17, 15) is 27.2 Å². The van der Waals surface area contributed by atoms with Crippen LogP contribution in [0.4, 0.5) is 29.2 Å². The number of nitrogens with one attached hydrogen (secondary N) is 1. The smallest absolute Gasteiger partial charge is 0.406 e. The van der Waals surface area contributed by atoms with Gasteiger partial charge in [0.2, 0.25) is 5.91 Å². The summed E-state index contributed by atoms with van der Waals surface area (Å²) >= 11 is 1.37. The van der Waals surface area contributed by atoms with Crippen LogP contribution >= 0.6 is 11.3 Å². The second kappa shape index (κ2) is 12.6. The zero-order chi connectivity index (χ0) is 29.7. The number of nitrogens with zero attached hydrogens (tertiary/aromatic N) is 5. The molecule has 2 aromatic heterocycles. The first-order valence-electron chi connectivity index (χ1n) is 12.9. The van der Waals surface area contributed by atoms with E-state index >= 15 is 0 Å². The number of benzene rings is 2. The Morgan fingerprint density at radius 1 is 0.976 bits per heavy atom. The molecule has 14 heteroatoms. The van der Waals surface area contributed by atoms with Gasteiger partial charge in [0.1, 0.15) is 27.4 Å². The van der Waals surface area contributed by atoms with E-state index in [-0.39, 0.29) is 36.8 Å². The Morgan fingerprint density at radius 2 is 1.81 bits per heavy atom. The molecule has 218 valence electrons.